The van der Waals surface area contributed by atoms with Crippen LogP contribution in [0.3, 0.4) is 0 Å². The van der Waals surface area contributed by atoms with Crippen LogP contribution in [0.15, 0.2) is 60.9 Å². The van der Waals surface area contributed by atoms with Crippen molar-refractivity contribution in [3.05, 3.63) is 66.5 Å². The smallest absolute Gasteiger partial charge is 0.135 e. The molecule has 3 aromatic rings. The first-order chi connectivity index (χ1) is 12.4. The highest BCUT2D eigenvalue weighted by Crippen LogP contribution is 2.25. The normalized spacial score (nSPS) is 11.1. The molecule has 2 aromatic carbocycles. The average Bonchev–Trinajstić information content (AvgIpc) is 2.62. The van der Waals surface area contributed by atoms with Gasteiger partial charge in [0.05, 0.1) is 7.11 Å². The van der Waals surface area contributed by atoms with Crippen LogP contribution in [0.2, 0.25) is 0 Å². The molecule has 5 nitrogen and oxygen atoms in total. The fourth-order valence-corrected chi connectivity index (χ4v) is 2.54. The van der Waals surface area contributed by atoms with Crippen LogP contribution in [-0.4, -0.2) is 17.1 Å². The van der Waals surface area contributed by atoms with E-state index in [2.05, 4.69) is 65.6 Å². The molecule has 0 amide bonds. The van der Waals surface area contributed by atoms with Gasteiger partial charge in [-0.1, -0.05) is 39.0 Å². The van der Waals surface area contributed by atoms with E-state index in [1.807, 2.05) is 30.3 Å². The first-order valence-electron chi connectivity index (χ1n) is 8.55. The van der Waals surface area contributed by atoms with Crippen molar-refractivity contribution in [1.29, 1.82) is 0 Å². The number of rotatable bonds is 5. The quantitative estimate of drug-likeness (QED) is 0.658. The van der Waals surface area contributed by atoms with Crippen molar-refractivity contribution in [3.8, 4) is 5.75 Å². The second-order valence-corrected chi connectivity index (χ2v) is 7.10. The third-order valence-corrected chi connectivity index (χ3v) is 4.03. The number of nitrogens with zero attached hydrogens (tertiary/aromatic N) is 2. The third-order valence-electron chi connectivity index (χ3n) is 4.03. The van der Waals surface area contributed by atoms with Crippen molar-refractivity contribution in [2.75, 3.05) is 17.7 Å². The topological polar surface area (TPSA) is 59.1 Å². The standard InChI is InChI=1S/C21H24N4O/c1-21(2,3)15-8-10-16(11-9-15)24-19-13-20(23-14-22-19)25-17-6-5-7-18(12-17)26-4/h5-14H,1-4H3,(H2,22,23,24,25). The molecular formula is C21H24N4O. The molecule has 26 heavy (non-hydrogen) atoms. The lowest BCUT2D eigenvalue weighted by atomic mass is 9.87. The summed E-state index contributed by atoms with van der Waals surface area (Å²) in [7, 11) is 1.65. The summed E-state index contributed by atoms with van der Waals surface area (Å²) in [6.45, 7) is 6.61. The Bertz CT molecular complexity index is 870. The van der Waals surface area contributed by atoms with E-state index < -0.39 is 0 Å². The van der Waals surface area contributed by atoms with Gasteiger partial charge < -0.3 is 15.4 Å². The van der Waals surface area contributed by atoms with Crippen LogP contribution < -0.4 is 15.4 Å². The Morgan fingerprint density at radius 2 is 1.46 bits per heavy atom. The van der Waals surface area contributed by atoms with Gasteiger partial charge in [-0.25, -0.2) is 9.97 Å². The highest BCUT2D eigenvalue weighted by Gasteiger charge is 2.12. The number of methoxy groups -OCH3 is 1. The van der Waals surface area contributed by atoms with E-state index in [4.69, 9.17) is 4.74 Å². The highest BCUT2D eigenvalue weighted by molar-refractivity contribution is 5.63. The molecule has 0 unspecified atom stereocenters. The minimum atomic E-state index is 0.140. The third kappa shape index (κ3) is 4.51. The summed E-state index contributed by atoms with van der Waals surface area (Å²) in [6, 6.07) is 18.0. The molecule has 5 heteroatoms. The van der Waals surface area contributed by atoms with Gasteiger partial charge in [0.25, 0.3) is 0 Å². The van der Waals surface area contributed by atoms with E-state index in [9.17, 15) is 0 Å². The van der Waals surface area contributed by atoms with Crippen molar-refractivity contribution in [3.63, 3.8) is 0 Å². The van der Waals surface area contributed by atoms with E-state index in [1.54, 1.807) is 7.11 Å². The summed E-state index contributed by atoms with van der Waals surface area (Å²) in [6.07, 6.45) is 1.54. The zero-order valence-corrected chi connectivity index (χ0v) is 15.6. The van der Waals surface area contributed by atoms with Gasteiger partial charge in [0.2, 0.25) is 0 Å². The Balaban J connectivity index is 1.73. The summed E-state index contributed by atoms with van der Waals surface area (Å²) in [5.41, 5.74) is 3.33. The second-order valence-electron chi connectivity index (χ2n) is 7.10. The van der Waals surface area contributed by atoms with Crippen LogP contribution in [-0.2, 0) is 5.41 Å². The number of hydrogen-bond donors (Lipinski definition) is 2. The first-order valence-corrected chi connectivity index (χ1v) is 8.55. The Morgan fingerprint density at radius 1 is 0.808 bits per heavy atom. The number of benzene rings is 2. The van der Waals surface area contributed by atoms with Gasteiger partial charge in [-0.05, 0) is 35.2 Å². The van der Waals surface area contributed by atoms with Crippen molar-refractivity contribution in [2.24, 2.45) is 0 Å². The summed E-state index contributed by atoms with van der Waals surface area (Å²) in [4.78, 5) is 8.57. The number of hydrogen-bond acceptors (Lipinski definition) is 5. The van der Waals surface area contributed by atoms with Crippen molar-refractivity contribution >= 4 is 23.0 Å². The number of anilines is 4. The minimum absolute atomic E-state index is 0.140. The summed E-state index contributed by atoms with van der Waals surface area (Å²) in [5, 5.41) is 6.58. The fourth-order valence-electron chi connectivity index (χ4n) is 2.54. The van der Waals surface area contributed by atoms with E-state index in [-0.39, 0.29) is 5.41 Å². The summed E-state index contributed by atoms with van der Waals surface area (Å²) in [5.74, 6) is 2.23. The van der Waals surface area contributed by atoms with E-state index in [1.165, 1.54) is 11.9 Å². The lowest BCUT2D eigenvalue weighted by Gasteiger charge is -2.19. The van der Waals surface area contributed by atoms with Gasteiger partial charge in [-0.2, -0.15) is 0 Å². The Labute approximate surface area is 154 Å². The molecule has 0 saturated carbocycles. The Kier molecular flexibility index (Phi) is 5.07. The molecule has 3 rings (SSSR count). The summed E-state index contributed by atoms with van der Waals surface area (Å²) < 4.78 is 5.24. The molecule has 0 bridgehead atoms. The Morgan fingerprint density at radius 3 is 2.08 bits per heavy atom. The van der Waals surface area contributed by atoms with Gasteiger partial charge in [0, 0.05) is 23.5 Å². The van der Waals surface area contributed by atoms with Crippen LogP contribution in [0.4, 0.5) is 23.0 Å². The second kappa shape index (κ2) is 7.44. The highest BCUT2D eigenvalue weighted by atomic mass is 16.5. The van der Waals surface area contributed by atoms with Gasteiger partial charge in [0.1, 0.15) is 23.7 Å². The zero-order chi connectivity index (χ0) is 18.6. The van der Waals surface area contributed by atoms with Gasteiger partial charge >= 0.3 is 0 Å². The van der Waals surface area contributed by atoms with Crippen molar-refractivity contribution in [1.82, 2.24) is 9.97 Å². The number of aromatic nitrogens is 2. The molecule has 0 saturated heterocycles. The van der Waals surface area contributed by atoms with Gasteiger partial charge in [-0.15, -0.1) is 0 Å². The maximum Gasteiger partial charge on any atom is 0.135 e. The number of nitrogens with one attached hydrogen (secondary N) is 2. The van der Waals surface area contributed by atoms with Crippen LogP contribution in [0.1, 0.15) is 26.3 Å². The molecule has 0 aliphatic carbocycles. The minimum Gasteiger partial charge on any atom is -0.497 e. The zero-order valence-electron chi connectivity index (χ0n) is 15.6. The molecule has 0 radical (unpaired) electrons. The predicted molar refractivity (Wildman–Crippen MR) is 107 cm³/mol. The fraction of sp³-hybridized carbons (Fsp3) is 0.238. The summed E-state index contributed by atoms with van der Waals surface area (Å²) >= 11 is 0. The van der Waals surface area contributed by atoms with Crippen LogP contribution in [0.5, 0.6) is 5.75 Å². The van der Waals surface area contributed by atoms with Gasteiger partial charge in [-0.3, -0.25) is 0 Å². The van der Waals surface area contributed by atoms with Crippen molar-refractivity contribution in [2.45, 2.75) is 26.2 Å². The van der Waals surface area contributed by atoms with E-state index >= 15 is 0 Å². The maximum atomic E-state index is 5.24. The van der Waals surface area contributed by atoms with Crippen LogP contribution >= 0.6 is 0 Å². The molecule has 1 aromatic heterocycles. The maximum absolute atomic E-state index is 5.24. The molecule has 0 aliphatic rings. The lowest BCUT2D eigenvalue weighted by molar-refractivity contribution is 0.415. The van der Waals surface area contributed by atoms with Crippen LogP contribution in [0, 0.1) is 0 Å². The average molecular weight is 348 g/mol. The molecule has 134 valence electrons. The molecule has 0 fully saturated rings. The number of ether oxygens (including phenoxy) is 1. The van der Waals surface area contributed by atoms with E-state index in [0.29, 0.717) is 5.82 Å². The van der Waals surface area contributed by atoms with Crippen LogP contribution in [0.25, 0.3) is 0 Å². The van der Waals surface area contributed by atoms with Crippen molar-refractivity contribution < 1.29 is 4.74 Å². The predicted octanol–water partition coefficient (Wildman–Crippen LogP) is 5.27. The molecular weight excluding hydrogens is 324 g/mol. The van der Waals surface area contributed by atoms with Gasteiger partial charge in [0.15, 0.2) is 0 Å². The Hall–Kier alpha value is -3.08. The largest absolute Gasteiger partial charge is 0.497 e. The first kappa shape index (κ1) is 17.7. The lowest BCUT2D eigenvalue weighted by Crippen LogP contribution is -2.10. The molecule has 1 heterocycles. The molecule has 0 aliphatic heterocycles. The SMILES string of the molecule is COc1cccc(Nc2cc(Nc3ccc(C(C)(C)C)cc3)ncn2)c1. The molecule has 2 N–H and O–H groups in total. The van der Waals surface area contributed by atoms with E-state index in [0.717, 1.165) is 22.9 Å². The monoisotopic (exact) mass is 348 g/mol. The molecule has 0 spiro atoms. The molecule has 0 atom stereocenters.